The lowest BCUT2D eigenvalue weighted by Crippen LogP contribution is -2.65. The molecule has 2 saturated heterocycles. The first-order valence-corrected chi connectivity index (χ1v) is 8.20. The number of fused-ring (bicyclic) bond motifs is 1. The predicted octanol–water partition coefficient (Wildman–Crippen LogP) is 0.0797. The van der Waals surface area contributed by atoms with Gasteiger partial charge in [-0.25, -0.2) is 5.48 Å². The standard InChI is InChI=1S/C16H22N4O3/c21-15(19-22)12-5-11-1-3-20(8-14(11)18-7-12)13-2-4-23-16(6-13)9-17-10-16/h5,7,13,17,22H,1-4,6,8-10H2,(H,19,21)/t13-/m0/s1. The molecule has 0 bridgehead atoms. The van der Waals surface area contributed by atoms with E-state index in [2.05, 4.69) is 15.2 Å². The Morgan fingerprint density at radius 2 is 2.39 bits per heavy atom. The summed E-state index contributed by atoms with van der Waals surface area (Å²) in [4.78, 5) is 18.4. The molecule has 0 saturated carbocycles. The van der Waals surface area contributed by atoms with Crippen LogP contribution >= 0.6 is 0 Å². The van der Waals surface area contributed by atoms with Crippen molar-refractivity contribution < 1.29 is 14.7 Å². The van der Waals surface area contributed by atoms with Crippen LogP contribution in [-0.2, 0) is 17.7 Å². The summed E-state index contributed by atoms with van der Waals surface area (Å²) in [7, 11) is 0. The van der Waals surface area contributed by atoms with Crippen molar-refractivity contribution in [3.8, 4) is 0 Å². The van der Waals surface area contributed by atoms with E-state index in [1.54, 1.807) is 5.48 Å². The van der Waals surface area contributed by atoms with E-state index in [0.717, 1.165) is 63.3 Å². The van der Waals surface area contributed by atoms with Gasteiger partial charge in [-0.3, -0.25) is 19.9 Å². The normalized spacial score (nSPS) is 26.4. The minimum absolute atomic E-state index is 0.0553. The van der Waals surface area contributed by atoms with Gasteiger partial charge in [-0.1, -0.05) is 0 Å². The molecule has 2 fully saturated rings. The number of hydrogen-bond donors (Lipinski definition) is 3. The average Bonchev–Trinajstić information content (AvgIpc) is 2.59. The van der Waals surface area contributed by atoms with Gasteiger partial charge in [0.1, 0.15) is 0 Å². The topological polar surface area (TPSA) is 86.7 Å². The van der Waals surface area contributed by atoms with Crippen molar-refractivity contribution in [2.24, 2.45) is 0 Å². The quantitative estimate of drug-likeness (QED) is 0.529. The maximum Gasteiger partial charge on any atom is 0.276 e. The SMILES string of the molecule is O=C(NO)c1cnc2c(c1)CCN([C@H]1CCOC3(CNC3)C1)C2. The van der Waals surface area contributed by atoms with E-state index in [4.69, 9.17) is 9.94 Å². The number of pyridine rings is 1. The third kappa shape index (κ3) is 2.74. The fraction of sp³-hybridized carbons (Fsp3) is 0.625. The van der Waals surface area contributed by atoms with Crippen molar-refractivity contribution in [2.75, 3.05) is 26.2 Å². The fourth-order valence-corrected chi connectivity index (χ4v) is 3.90. The van der Waals surface area contributed by atoms with Crippen LogP contribution in [0.15, 0.2) is 12.3 Å². The minimum Gasteiger partial charge on any atom is -0.372 e. The van der Waals surface area contributed by atoms with Crippen LogP contribution < -0.4 is 10.8 Å². The van der Waals surface area contributed by atoms with Gasteiger partial charge in [0.05, 0.1) is 16.9 Å². The first-order valence-electron chi connectivity index (χ1n) is 8.20. The first-order chi connectivity index (χ1) is 11.2. The number of hydrogen-bond acceptors (Lipinski definition) is 6. The molecule has 4 rings (SSSR count). The van der Waals surface area contributed by atoms with Crippen LogP contribution in [0.4, 0.5) is 0 Å². The molecule has 7 nitrogen and oxygen atoms in total. The van der Waals surface area contributed by atoms with E-state index in [0.29, 0.717) is 11.6 Å². The Bertz CT molecular complexity index is 617. The van der Waals surface area contributed by atoms with Gasteiger partial charge in [-0.15, -0.1) is 0 Å². The number of hydroxylamine groups is 1. The van der Waals surface area contributed by atoms with Crippen molar-refractivity contribution in [2.45, 2.75) is 37.5 Å². The fourth-order valence-electron chi connectivity index (χ4n) is 3.90. The lowest BCUT2D eigenvalue weighted by atomic mass is 9.84. The zero-order valence-electron chi connectivity index (χ0n) is 13.0. The van der Waals surface area contributed by atoms with Gasteiger partial charge in [0.25, 0.3) is 5.91 Å². The van der Waals surface area contributed by atoms with E-state index in [1.165, 1.54) is 6.20 Å². The number of ether oxygens (including phenoxy) is 1. The van der Waals surface area contributed by atoms with Gasteiger partial charge in [-0.2, -0.15) is 0 Å². The van der Waals surface area contributed by atoms with Crippen molar-refractivity contribution in [1.82, 2.24) is 20.7 Å². The summed E-state index contributed by atoms with van der Waals surface area (Å²) in [5.41, 5.74) is 4.27. The van der Waals surface area contributed by atoms with Crippen molar-refractivity contribution in [3.63, 3.8) is 0 Å². The maximum absolute atomic E-state index is 11.5. The number of nitrogens with one attached hydrogen (secondary N) is 2. The number of rotatable bonds is 2. The molecule has 0 unspecified atom stereocenters. The van der Waals surface area contributed by atoms with Gasteiger partial charge in [0, 0.05) is 45.0 Å². The van der Waals surface area contributed by atoms with Crippen LogP contribution in [0.5, 0.6) is 0 Å². The van der Waals surface area contributed by atoms with Crippen LogP contribution in [0, 0.1) is 0 Å². The third-order valence-corrected chi connectivity index (χ3v) is 5.32. The van der Waals surface area contributed by atoms with Crippen LogP contribution in [0.2, 0.25) is 0 Å². The molecule has 1 spiro atoms. The lowest BCUT2D eigenvalue weighted by molar-refractivity contribution is -0.134. The smallest absolute Gasteiger partial charge is 0.276 e. The van der Waals surface area contributed by atoms with Crippen molar-refractivity contribution in [3.05, 3.63) is 29.1 Å². The molecule has 1 atom stereocenters. The van der Waals surface area contributed by atoms with Crippen LogP contribution in [0.1, 0.15) is 34.5 Å². The Labute approximate surface area is 135 Å². The molecule has 0 aromatic carbocycles. The second-order valence-corrected chi connectivity index (χ2v) is 6.77. The van der Waals surface area contributed by atoms with Gasteiger partial charge in [0.15, 0.2) is 0 Å². The molecule has 1 aromatic heterocycles. The Kier molecular flexibility index (Phi) is 3.81. The zero-order chi connectivity index (χ0) is 15.9. The van der Waals surface area contributed by atoms with Crippen molar-refractivity contribution in [1.29, 1.82) is 0 Å². The molecule has 4 heterocycles. The predicted molar refractivity (Wildman–Crippen MR) is 82.2 cm³/mol. The molecule has 0 aliphatic carbocycles. The Hall–Kier alpha value is -1.54. The monoisotopic (exact) mass is 318 g/mol. The highest BCUT2D eigenvalue weighted by Gasteiger charge is 2.44. The molecule has 7 heteroatoms. The minimum atomic E-state index is -0.508. The van der Waals surface area contributed by atoms with E-state index in [1.807, 2.05) is 6.07 Å². The van der Waals surface area contributed by atoms with Gasteiger partial charge in [-0.05, 0) is 30.9 Å². The van der Waals surface area contributed by atoms with E-state index in [-0.39, 0.29) is 5.60 Å². The van der Waals surface area contributed by atoms with E-state index < -0.39 is 5.91 Å². The lowest BCUT2D eigenvalue weighted by Gasteiger charge is -2.50. The highest BCUT2D eigenvalue weighted by molar-refractivity contribution is 5.93. The van der Waals surface area contributed by atoms with Gasteiger partial charge >= 0.3 is 0 Å². The highest BCUT2D eigenvalue weighted by atomic mass is 16.5. The summed E-state index contributed by atoms with van der Waals surface area (Å²) in [5.74, 6) is -0.508. The highest BCUT2D eigenvalue weighted by Crippen LogP contribution is 2.33. The van der Waals surface area contributed by atoms with Gasteiger partial charge in [0.2, 0.25) is 0 Å². The van der Waals surface area contributed by atoms with Gasteiger partial charge < -0.3 is 10.1 Å². The van der Waals surface area contributed by atoms with Crippen LogP contribution in [0.3, 0.4) is 0 Å². The second kappa shape index (κ2) is 5.83. The number of amides is 1. The molecular formula is C16H22N4O3. The number of nitrogens with zero attached hydrogens (tertiary/aromatic N) is 2. The van der Waals surface area contributed by atoms with Crippen molar-refractivity contribution >= 4 is 5.91 Å². The van der Waals surface area contributed by atoms with Crippen LogP contribution in [-0.4, -0.2) is 58.9 Å². The molecule has 124 valence electrons. The Balaban J connectivity index is 1.47. The molecule has 0 radical (unpaired) electrons. The largest absolute Gasteiger partial charge is 0.372 e. The third-order valence-electron chi connectivity index (χ3n) is 5.32. The molecule has 3 aliphatic heterocycles. The number of carbonyl (C=O) groups excluding carboxylic acids is 1. The summed E-state index contributed by atoms with van der Waals surface area (Å²) in [6.07, 6.45) is 4.58. The molecule has 23 heavy (non-hydrogen) atoms. The average molecular weight is 318 g/mol. The summed E-state index contributed by atoms with van der Waals surface area (Å²) in [6.45, 7) is 4.56. The van der Waals surface area contributed by atoms with Crippen LogP contribution in [0.25, 0.3) is 0 Å². The molecule has 1 amide bonds. The summed E-state index contributed by atoms with van der Waals surface area (Å²) < 4.78 is 5.97. The summed E-state index contributed by atoms with van der Waals surface area (Å²) >= 11 is 0. The summed E-state index contributed by atoms with van der Waals surface area (Å²) in [6, 6.07) is 2.38. The molecule has 3 aliphatic rings. The summed E-state index contributed by atoms with van der Waals surface area (Å²) in [5, 5.41) is 12.0. The maximum atomic E-state index is 11.5. The zero-order valence-corrected chi connectivity index (χ0v) is 13.0. The number of carbonyl (C=O) groups is 1. The molecule has 1 aromatic rings. The molecule has 3 N–H and O–H groups in total. The Morgan fingerprint density at radius 3 is 3.13 bits per heavy atom. The molecular weight excluding hydrogens is 296 g/mol. The number of aromatic nitrogens is 1. The Morgan fingerprint density at radius 1 is 1.52 bits per heavy atom. The first kappa shape index (κ1) is 15.0. The second-order valence-electron chi connectivity index (χ2n) is 6.77. The van der Waals surface area contributed by atoms with E-state index in [9.17, 15) is 4.79 Å². The van der Waals surface area contributed by atoms with E-state index >= 15 is 0 Å².